The molecule has 5 nitrogen and oxygen atoms in total. The van der Waals surface area contributed by atoms with Crippen LogP contribution in [0.4, 0.5) is 17.1 Å². The van der Waals surface area contributed by atoms with Crippen molar-refractivity contribution in [1.29, 1.82) is 0 Å². The molecular formula is C29H30N4O. The molecule has 0 spiro atoms. The number of hydrogen-bond donors (Lipinski definition) is 3. The van der Waals surface area contributed by atoms with Gasteiger partial charge in [0, 0.05) is 29.6 Å². The number of nitrogens with zero attached hydrogens (tertiary/aromatic N) is 1. The number of carbonyl (C=O) groups excluding carboxylic acids is 1. The molecular weight excluding hydrogens is 420 g/mol. The monoisotopic (exact) mass is 450 g/mol. The Morgan fingerprint density at radius 2 is 1.50 bits per heavy atom. The topological polar surface area (TPSA) is 80.0 Å². The summed E-state index contributed by atoms with van der Waals surface area (Å²) >= 11 is 0. The van der Waals surface area contributed by atoms with E-state index in [1.165, 1.54) is 0 Å². The van der Waals surface area contributed by atoms with Gasteiger partial charge in [0.05, 0.1) is 17.6 Å². The summed E-state index contributed by atoms with van der Waals surface area (Å²) in [6.45, 7) is 8.58. The molecule has 0 saturated heterocycles. The van der Waals surface area contributed by atoms with Crippen molar-refractivity contribution < 1.29 is 4.79 Å². The molecule has 0 bridgehead atoms. The van der Waals surface area contributed by atoms with Crippen LogP contribution in [0.1, 0.15) is 38.2 Å². The van der Waals surface area contributed by atoms with E-state index < -0.39 is 0 Å². The molecule has 4 aromatic rings. The first-order valence-electron chi connectivity index (χ1n) is 11.3. The van der Waals surface area contributed by atoms with Crippen LogP contribution in [0.3, 0.4) is 0 Å². The number of rotatable bonds is 6. The first kappa shape index (κ1) is 23.2. The summed E-state index contributed by atoms with van der Waals surface area (Å²) in [6.07, 6.45) is 3.51. The van der Waals surface area contributed by atoms with Crippen molar-refractivity contribution in [1.82, 2.24) is 4.98 Å². The summed E-state index contributed by atoms with van der Waals surface area (Å²) in [7, 11) is 0. The second kappa shape index (κ2) is 9.89. The smallest absolute Gasteiger partial charge is 0.255 e. The molecule has 0 saturated carbocycles. The third kappa shape index (κ3) is 5.33. The molecule has 34 heavy (non-hydrogen) atoms. The van der Waals surface area contributed by atoms with Gasteiger partial charge in [-0.2, -0.15) is 0 Å². The SMILES string of the molecule is Cc1cc(C)cc(C(=O)Nc2cncc(-c3cc(C)cc(C)c3)c2Nc2cccc(CN)c2)c1. The highest BCUT2D eigenvalue weighted by atomic mass is 16.1. The first-order valence-corrected chi connectivity index (χ1v) is 11.3. The van der Waals surface area contributed by atoms with Gasteiger partial charge >= 0.3 is 0 Å². The maximum atomic E-state index is 13.2. The highest BCUT2D eigenvalue weighted by molar-refractivity contribution is 6.07. The van der Waals surface area contributed by atoms with Crippen LogP contribution in [0.5, 0.6) is 0 Å². The minimum atomic E-state index is -0.176. The van der Waals surface area contributed by atoms with Gasteiger partial charge in [0.2, 0.25) is 0 Å². The van der Waals surface area contributed by atoms with Crippen molar-refractivity contribution in [2.24, 2.45) is 5.73 Å². The lowest BCUT2D eigenvalue weighted by Crippen LogP contribution is -2.14. The van der Waals surface area contributed by atoms with E-state index in [4.69, 9.17) is 5.73 Å². The number of benzene rings is 3. The van der Waals surface area contributed by atoms with Crippen LogP contribution < -0.4 is 16.4 Å². The Bertz CT molecular complexity index is 1320. The van der Waals surface area contributed by atoms with Gasteiger partial charge in [0.1, 0.15) is 0 Å². The van der Waals surface area contributed by atoms with Gasteiger partial charge in [-0.1, -0.05) is 58.7 Å². The Morgan fingerprint density at radius 3 is 2.15 bits per heavy atom. The predicted octanol–water partition coefficient (Wildman–Crippen LogP) is 6.44. The van der Waals surface area contributed by atoms with Crippen LogP contribution in [-0.4, -0.2) is 10.9 Å². The zero-order chi connectivity index (χ0) is 24.2. The number of anilines is 3. The Labute approximate surface area is 201 Å². The van der Waals surface area contributed by atoms with Gasteiger partial charge in [0.25, 0.3) is 5.91 Å². The van der Waals surface area contributed by atoms with Crippen molar-refractivity contribution in [3.8, 4) is 11.1 Å². The van der Waals surface area contributed by atoms with Crippen LogP contribution in [-0.2, 0) is 6.54 Å². The first-order chi connectivity index (χ1) is 16.3. The van der Waals surface area contributed by atoms with Crippen molar-refractivity contribution in [3.63, 3.8) is 0 Å². The Balaban J connectivity index is 1.81. The van der Waals surface area contributed by atoms with Crippen LogP contribution in [0.2, 0.25) is 0 Å². The van der Waals surface area contributed by atoms with E-state index in [1.54, 1.807) is 6.20 Å². The Morgan fingerprint density at radius 1 is 0.853 bits per heavy atom. The number of aryl methyl sites for hydroxylation is 4. The average molecular weight is 451 g/mol. The lowest BCUT2D eigenvalue weighted by molar-refractivity contribution is 0.102. The number of nitrogens with two attached hydrogens (primary N) is 1. The maximum Gasteiger partial charge on any atom is 0.255 e. The summed E-state index contributed by atoms with van der Waals surface area (Å²) in [5.41, 5.74) is 16.1. The second-order valence-corrected chi connectivity index (χ2v) is 8.85. The molecule has 1 heterocycles. The van der Waals surface area contributed by atoms with Gasteiger partial charge in [-0.15, -0.1) is 0 Å². The molecule has 5 heteroatoms. The van der Waals surface area contributed by atoms with Crippen LogP contribution in [0.25, 0.3) is 11.1 Å². The fourth-order valence-corrected chi connectivity index (χ4v) is 4.26. The van der Waals surface area contributed by atoms with E-state index >= 15 is 0 Å². The molecule has 1 amide bonds. The highest BCUT2D eigenvalue weighted by Gasteiger charge is 2.16. The third-order valence-corrected chi connectivity index (χ3v) is 5.64. The number of nitrogens with one attached hydrogen (secondary N) is 2. The van der Waals surface area contributed by atoms with E-state index in [-0.39, 0.29) is 5.91 Å². The molecule has 0 aliphatic heterocycles. The fraction of sp³-hybridized carbons (Fsp3) is 0.172. The minimum Gasteiger partial charge on any atom is -0.353 e. The molecule has 0 fully saturated rings. The predicted molar refractivity (Wildman–Crippen MR) is 141 cm³/mol. The number of hydrogen-bond acceptors (Lipinski definition) is 4. The lowest BCUT2D eigenvalue weighted by atomic mass is 10.00. The molecule has 0 atom stereocenters. The molecule has 0 aliphatic carbocycles. The van der Waals surface area contributed by atoms with Crippen molar-refractivity contribution in [2.45, 2.75) is 34.2 Å². The summed E-state index contributed by atoms with van der Waals surface area (Å²) < 4.78 is 0. The quantitative estimate of drug-likeness (QED) is 0.316. The van der Waals surface area contributed by atoms with Gasteiger partial charge < -0.3 is 16.4 Å². The Kier molecular flexibility index (Phi) is 6.75. The Hall–Kier alpha value is -3.96. The van der Waals surface area contributed by atoms with Gasteiger partial charge in [0.15, 0.2) is 0 Å². The minimum absolute atomic E-state index is 0.176. The van der Waals surface area contributed by atoms with Crippen LogP contribution in [0.15, 0.2) is 73.1 Å². The zero-order valence-corrected chi connectivity index (χ0v) is 20.1. The van der Waals surface area contributed by atoms with Crippen LogP contribution >= 0.6 is 0 Å². The number of carbonyl (C=O) groups is 1. The molecule has 4 N–H and O–H groups in total. The lowest BCUT2D eigenvalue weighted by Gasteiger charge is -2.18. The molecule has 0 radical (unpaired) electrons. The van der Waals surface area contributed by atoms with Gasteiger partial charge in [-0.25, -0.2) is 0 Å². The third-order valence-electron chi connectivity index (χ3n) is 5.64. The fourth-order valence-electron chi connectivity index (χ4n) is 4.26. The molecule has 1 aromatic heterocycles. The molecule has 3 aromatic carbocycles. The standard InChI is InChI=1S/C29H30N4O/c1-18-8-19(2)11-23(10-18)26-16-31-17-27(28(26)32-25-7-5-6-22(14-25)15-30)33-29(34)24-12-20(3)9-21(4)13-24/h5-14,16-17H,15,30H2,1-4H3,(H,31,32)(H,33,34). The van der Waals surface area contributed by atoms with E-state index in [0.29, 0.717) is 17.8 Å². The zero-order valence-electron chi connectivity index (χ0n) is 20.1. The normalized spacial score (nSPS) is 10.7. The number of pyridine rings is 1. The molecule has 0 aliphatic rings. The summed E-state index contributed by atoms with van der Waals surface area (Å²) in [4.78, 5) is 17.7. The van der Waals surface area contributed by atoms with Crippen molar-refractivity contribution in [3.05, 3.63) is 106 Å². The van der Waals surface area contributed by atoms with Gasteiger partial charge in [-0.3, -0.25) is 9.78 Å². The number of aromatic nitrogens is 1. The number of amides is 1. The highest BCUT2D eigenvalue weighted by Crippen LogP contribution is 2.37. The molecule has 4 rings (SSSR count). The largest absolute Gasteiger partial charge is 0.353 e. The summed E-state index contributed by atoms with van der Waals surface area (Å²) in [6, 6.07) is 20.2. The molecule has 172 valence electrons. The van der Waals surface area contributed by atoms with Crippen LogP contribution in [0, 0.1) is 27.7 Å². The summed E-state index contributed by atoms with van der Waals surface area (Å²) in [5.74, 6) is -0.176. The van der Waals surface area contributed by atoms with E-state index in [9.17, 15) is 4.79 Å². The van der Waals surface area contributed by atoms with Crippen molar-refractivity contribution >= 4 is 23.0 Å². The van der Waals surface area contributed by atoms with E-state index in [0.717, 1.165) is 50.3 Å². The van der Waals surface area contributed by atoms with Gasteiger partial charge in [-0.05, 0) is 63.1 Å². The molecule has 0 unspecified atom stereocenters. The van der Waals surface area contributed by atoms with E-state index in [2.05, 4.69) is 53.7 Å². The average Bonchev–Trinajstić information content (AvgIpc) is 2.79. The van der Waals surface area contributed by atoms with E-state index in [1.807, 2.05) is 56.4 Å². The summed E-state index contributed by atoms with van der Waals surface area (Å²) in [5, 5.41) is 6.60. The maximum absolute atomic E-state index is 13.2. The van der Waals surface area contributed by atoms with Crippen molar-refractivity contribution in [2.75, 3.05) is 10.6 Å². The second-order valence-electron chi connectivity index (χ2n) is 8.85.